The molecule has 0 fully saturated rings. The lowest BCUT2D eigenvalue weighted by Crippen LogP contribution is -2.32. The average Bonchev–Trinajstić information content (AvgIpc) is 2.78. The molecule has 0 saturated heterocycles. The first-order valence-electron chi connectivity index (χ1n) is 9.43. The second kappa shape index (κ2) is 11.5. The predicted octanol–water partition coefficient (Wildman–Crippen LogP) is 3.05. The Balaban J connectivity index is 2.41. The quantitative estimate of drug-likeness (QED) is 0.257. The van der Waals surface area contributed by atoms with Crippen LogP contribution >= 0.6 is 0 Å². The van der Waals surface area contributed by atoms with Crippen molar-refractivity contribution in [3.05, 3.63) is 81.9 Å². The summed E-state index contributed by atoms with van der Waals surface area (Å²) >= 11 is 0. The van der Waals surface area contributed by atoms with Gasteiger partial charge in [-0.25, -0.2) is 4.79 Å². The van der Waals surface area contributed by atoms with Crippen LogP contribution < -0.4 is 0 Å². The first-order valence-corrected chi connectivity index (χ1v) is 9.43. The van der Waals surface area contributed by atoms with Crippen molar-refractivity contribution in [2.75, 3.05) is 14.2 Å². The largest absolute Gasteiger partial charge is 0.469 e. The number of ether oxygens (including phenoxy) is 2. The molecule has 2 rings (SSSR count). The van der Waals surface area contributed by atoms with E-state index < -0.39 is 28.9 Å². The van der Waals surface area contributed by atoms with Crippen molar-refractivity contribution < 1.29 is 24.0 Å². The summed E-state index contributed by atoms with van der Waals surface area (Å²) in [6, 6.07) is 16.3. The standard InChI is InChI=1S/C22H24N2O6/c1-29-20(25)14-13-18(24(27)28)15-19(22(26)30-2)23-21(16-9-5-3-6-10-16)17-11-7-4-8-12-17/h3-12,18-19H,13-15H2,1-2H3. The van der Waals surface area contributed by atoms with Crippen LogP contribution in [0.5, 0.6) is 0 Å². The Morgan fingerprint density at radius 3 is 1.93 bits per heavy atom. The Labute approximate surface area is 174 Å². The molecule has 0 bridgehead atoms. The van der Waals surface area contributed by atoms with Gasteiger partial charge in [0.25, 0.3) is 0 Å². The third kappa shape index (κ3) is 6.51. The van der Waals surface area contributed by atoms with Gasteiger partial charge in [0.15, 0.2) is 6.04 Å². The number of hydrogen-bond donors (Lipinski definition) is 0. The minimum atomic E-state index is -1.15. The molecule has 0 aliphatic rings. The molecule has 8 nitrogen and oxygen atoms in total. The highest BCUT2D eigenvalue weighted by atomic mass is 16.6. The molecule has 0 aromatic heterocycles. The summed E-state index contributed by atoms with van der Waals surface area (Å²) < 4.78 is 9.41. The van der Waals surface area contributed by atoms with E-state index in [0.29, 0.717) is 5.71 Å². The molecule has 2 aromatic rings. The van der Waals surface area contributed by atoms with Crippen LogP contribution in [-0.2, 0) is 19.1 Å². The Morgan fingerprint density at radius 2 is 1.50 bits per heavy atom. The molecular formula is C22H24N2O6. The number of hydrogen-bond acceptors (Lipinski definition) is 7. The van der Waals surface area contributed by atoms with Crippen molar-refractivity contribution in [3.63, 3.8) is 0 Å². The molecule has 158 valence electrons. The number of nitro groups is 1. The van der Waals surface area contributed by atoms with Gasteiger partial charge >= 0.3 is 11.9 Å². The van der Waals surface area contributed by atoms with Gasteiger partial charge in [0.1, 0.15) is 0 Å². The van der Waals surface area contributed by atoms with Crippen LogP contribution in [0.3, 0.4) is 0 Å². The fraction of sp³-hybridized carbons (Fsp3) is 0.318. The van der Waals surface area contributed by atoms with Gasteiger partial charge < -0.3 is 9.47 Å². The third-order valence-corrected chi connectivity index (χ3v) is 4.56. The third-order valence-electron chi connectivity index (χ3n) is 4.56. The smallest absolute Gasteiger partial charge is 0.330 e. The molecule has 0 N–H and O–H groups in total. The number of nitrogens with zero attached hydrogens (tertiary/aromatic N) is 2. The molecule has 2 atom stereocenters. The second-order valence-electron chi connectivity index (χ2n) is 6.54. The first-order chi connectivity index (χ1) is 14.5. The molecule has 8 heteroatoms. The molecule has 0 saturated carbocycles. The summed E-state index contributed by atoms with van der Waals surface area (Å²) in [6.45, 7) is 0. The lowest BCUT2D eigenvalue weighted by molar-refractivity contribution is -0.524. The van der Waals surface area contributed by atoms with Crippen LogP contribution in [0.15, 0.2) is 65.7 Å². The van der Waals surface area contributed by atoms with Gasteiger partial charge in [0.2, 0.25) is 6.04 Å². The van der Waals surface area contributed by atoms with Crippen LogP contribution in [-0.4, -0.2) is 48.9 Å². The Bertz CT molecular complexity index is 842. The number of methoxy groups -OCH3 is 2. The van der Waals surface area contributed by atoms with Crippen LogP contribution in [0.2, 0.25) is 0 Å². The molecule has 0 amide bonds. The Hall–Kier alpha value is -3.55. The zero-order chi connectivity index (χ0) is 21.9. The monoisotopic (exact) mass is 412 g/mol. The van der Waals surface area contributed by atoms with Crippen molar-refractivity contribution in [2.45, 2.75) is 31.3 Å². The molecule has 0 heterocycles. The minimum absolute atomic E-state index is 0.0608. The van der Waals surface area contributed by atoms with Gasteiger partial charge in [-0.05, 0) is 0 Å². The summed E-state index contributed by atoms with van der Waals surface area (Å²) in [4.78, 5) is 39.4. The molecule has 0 aliphatic heterocycles. The fourth-order valence-electron chi connectivity index (χ4n) is 2.95. The highest BCUT2D eigenvalue weighted by Gasteiger charge is 2.31. The minimum Gasteiger partial charge on any atom is -0.469 e. The zero-order valence-electron chi connectivity index (χ0n) is 16.9. The van der Waals surface area contributed by atoms with E-state index in [9.17, 15) is 19.7 Å². The number of carbonyl (C=O) groups excluding carboxylic acids is 2. The lowest BCUT2D eigenvalue weighted by atomic mass is 9.99. The van der Waals surface area contributed by atoms with E-state index in [0.717, 1.165) is 11.1 Å². The Morgan fingerprint density at radius 1 is 0.967 bits per heavy atom. The lowest BCUT2D eigenvalue weighted by Gasteiger charge is -2.16. The Kier molecular flexibility index (Phi) is 8.68. The molecule has 2 unspecified atom stereocenters. The molecule has 0 spiro atoms. The van der Waals surface area contributed by atoms with Gasteiger partial charge in [-0.2, -0.15) is 0 Å². The van der Waals surface area contributed by atoms with Crippen LogP contribution in [0, 0.1) is 10.1 Å². The summed E-state index contributed by atoms with van der Waals surface area (Å²) in [5.41, 5.74) is 2.07. The zero-order valence-corrected chi connectivity index (χ0v) is 16.9. The summed E-state index contributed by atoms with van der Waals surface area (Å²) in [5, 5.41) is 11.5. The van der Waals surface area contributed by atoms with Crippen molar-refractivity contribution >= 4 is 17.7 Å². The van der Waals surface area contributed by atoms with Crippen molar-refractivity contribution in [1.82, 2.24) is 0 Å². The highest BCUT2D eigenvalue weighted by Crippen LogP contribution is 2.18. The van der Waals surface area contributed by atoms with E-state index in [1.807, 2.05) is 60.7 Å². The number of carbonyl (C=O) groups is 2. The fourth-order valence-corrected chi connectivity index (χ4v) is 2.95. The normalized spacial score (nSPS) is 12.3. The van der Waals surface area contributed by atoms with Crippen LogP contribution in [0.1, 0.15) is 30.4 Å². The van der Waals surface area contributed by atoms with E-state index in [1.54, 1.807) is 0 Å². The summed E-state index contributed by atoms with van der Waals surface area (Å²) in [7, 11) is 2.43. The maximum atomic E-state index is 12.4. The van der Waals surface area contributed by atoms with E-state index in [-0.39, 0.29) is 19.3 Å². The van der Waals surface area contributed by atoms with Gasteiger partial charge in [0, 0.05) is 28.9 Å². The maximum absolute atomic E-state index is 12.4. The van der Waals surface area contributed by atoms with Gasteiger partial charge in [-0.15, -0.1) is 0 Å². The second-order valence-corrected chi connectivity index (χ2v) is 6.54. The number of benzene rings is 2. The van der Waals surface area contributed by atoms with Crippen LogP contribution in [0.4, 0.5) is 0 Å². The van der Waals surface area contributed by atoms with Crippen molar-refractivity contribution in [3.8, 4) is 0 Å². The summed E-state index contributed by atoms with van der Waals surface area (Å²) in [6.07, 6.45) is -0.376. The molecule has 30 heavy (non-hydrogen) atoms. The molecular weight excluding hydrogens is 388 g/mol. The number of rotatable bonds is 10. The average molecular weight is 412 g/mol. The van der Waals surface area contributed by atoms with Crippen LogP contribution in [0.25, 0.3) is 0 Å². The highest BCUT2D eigenvalue weighted by molar-refractivity contribution is 6.13. The molecule has 0 radical (unpaired) electrons. The van der Waals surface area contributed by atoms with Crippen molar-refractivity contribution in [2.24, 2.45) is 4.99 Å². The first kappa shape index (κ1) is 22.7. The SMILES string of the molecule is COC(=O)CCC(CC(N=C(c1ccccc1)c1ccccc1)C(=O)OC)[N+](=O)[O-]. The molecule has 2 aromatic carbocycles. The van der Waals surface area contributed by atoms with Gasteiger partial charge in [0.05, 0.1) is 26.4 Å². The van der Waals surface area contributed by atoms with E-state index in [2.05, 4.69) is 9.73 Å². The van der Waals surface area contributed by atoms with E-state index >= 15 is 0 Å². The maximum Gasteiger partial charge on any atom is 0.330 e. The predicted molar refractivity (Wildman–Crippen MR) is 111 cm³/mol. The summed E-state index contributed by atoms with van der Waals surface area (Å²) in [5.74, 6) is -1.22. The van der Waals surface area contributed by atoms with Gasteiger partial charge in [-0.3, -0.25) is 19.9 Å². The van der Waals surface area contributed by atoms with Gasteiger partial charge in [-0.1, -0.05) is 60.7 Å². The molecule has 0 aliphatic carbocycles. The van der Waals surface area contributed by atoms with Crippen molar-refractivity contribution in [1.29, 1.82) is 0 Å². The number of aliphatic imine (C=N–C) groups is 1. The van der Waals surface area contributed by atoms with E-state index in [1.165, 1.54) is 14.2 Å². The number of esters is 2. The van der Waals surface area contributed by atoms with E-state index in [4.69, 9.17) is 4.74 Å². The topological polar surface area (TPSA) is 108 Å².